The van der Waals surface area contributed by atoms with E-state index in [1.54, 1.807) is 34.2 Å². The van der Waals surface area contributed by atoms with Gasteiger partial charge in [0.05, 0.1) is 23.0 Å². The van der Waals surface area contributed by atoms with Crippen LogP contribution >= 0.6 is 34.3 Å². The van der Waals surface area contributed by atoms with Crippen LogP contribution in [0.5, 0.6) is 0 Å². The van der Waals surface area contributed by atoms with Crippen molar-refractivity contribution in [3.63, 3.8) is 0 Å². The van der Waals surface area contributed by atoms with Crippen LogP contribution in [0.1, 0.15) is 15.9 Å². The molecule has 8 heteroatoms. The summed E-state index contributed by atoms with van der Waals surface area (Å²) in [6.07, 6.45) is 1.70. The Hall–Kier alpha value is -1.80. The SMILES string of the molecule is NC(c1cccs1)c1nn2c(-c3ccc(F)c(Cl)c3)cnc2s1. The summed E-state index contributed by atoms with van der Waals surface area (Å²) in [5, 5.41) is 7.42. The van der Waals surface area contributed by atoms with Gasteiger partial charge < -0.3 is 5.73 Å². The molecule has 0 aliphatic heterocycles. The molecular weight excluding hydrogens is 355 g/mol. The fourth-order valence-electron chi connectivity index (χ4n) is 2.28. The number of benzene rings is 1. The van der Waals surface area contributed by atoms with Crippen LogP contribution in [0.4, 0.5) is 4.39 Å². The Morgan fingerprint density at radius 1 is 1.30 bits per heavy atom. The number of imidazole rings is 1. The van der Waals surface area contributed by atoms with E-state index < -0.39 is 5.82 Å². The number of hydrogen-bond acceptors (Lipinski definition) is 5. The molecule has 0 spiro atoms. The monoisotopic (exact) mass is 364 g/mol. The van der Waals surface area contributed by atoms with E-state index in [-0.39, 0.29) is 11.1 Å². The molecule has 0 saturated carbocycles. The van der Waals surface area contributed by atoms with Gasteiger partial charge in [-0.1, -0.05) is 29.0 Å². The van der Waals surface area contributed by atoms with Crippen molar-refractivity contribution in [1.82, 2.24) is 14.6 Å². The summed E-state index contributed by atoms with van der Waals surface area (Å²) in [5.74, 6) is -0.449. The zero-order valence-corrected chi connectivity index (χ0v) is 14.0. The minimum Gasteiger partial charge on any atom is -0.318 e. The summed E-state index contributed by atoms with van der Waals surface area (Å²) in [6, 6.07) is 8.24. The van der Waals surface area contributed by atoms with Gasteiger partial charge in [0, 0.05) is 10.4 Å². The minimum absolute atomic E-state index is 0.0724. The molecule has 3 aromatic heterocycles. The molecule has 0 fully saturated rings. The largest absolute Gasteiger partial charge is 0.318 e. The molecule has 4 rings (SSSR count). The quantitative estimate of drug-likeness (QED) is 0.587. The minimum atomic E-state index is -0.449. The molecule has 0 radical (unpaired) electrons. The molecular formula is C15H10ClFN4S2. The van der Waals surface area contributed by atoms with E-state index in [0.717, 1.165) is 26.1 Å². The second-order valence-corrected chi connectivity index (χ2v) is 7.27. The average molecular weight is 365 g/mol. The Balaban J connectivity index is 1.79. The molecule has 3 heterocycles. The normalized spacial score (nSPS) is 12.8. The molecule has 0 aliphatic rings. The summed E-state index contributed by atoms with van der Waals surface area (Å²) in [4.78, 5) is 6.15. The van der Waals surface area contributed by atoms with Crippen LogP contribution in [0.25, 0.3) is 16.2 Å². The number of fused-ring (bicyclic) bond motifs is 1. The second kappa shape index (κ2) is 5.68. The van der Waals surface area contributed by atoms with Gasteiger partial charge in [-0.25, -0.2) is 13.9 Å². The number of hydrogen-bond donors (Lipinski definition) is 1. The van der Waals surface area contributed by atoms with E-state index in [0.29, 0.717) is 0 Å². The topological polar surface area (TPSA) is 56.2 Å². The third-order valence-corrected chi connectivity index (χ3v) is 5.68. The third kappa shape index (κ3) is 2.55. The number of thiophene rings is 1. The summed E-state index contributed by atoms with van der Waals surface area (Å²) in [5.41, 5.74) is 7.77. The van der Waals surface area contributed by atoms with Crippen LogP contribution in [0.3, 0.4) is 0 Å². The van der Waals surface area contributed by atoms with E-state index >= 15 is 0 Å². The lowest BCUT2D eigenvalue weighted by Crippen LogP contribution is -2.10. The van der Waals surface area contributed by atoms with Gasteiger partial charge >= 0.3 is 0 Å². The van der Waals surface area contributed by atoms with Crippen molar-refractivity contribution < 1.29 is 4.39 Å². The average Bonchev–Trinajstić information content (AvgIpc) is 3.25. The number of halogens is 2. The molecule has 116 valence electrons. The Bertz CT molecular complexity index is 977. The van der Waals surface area contributed by atoms with Gasteiger partial charge in [-0.05, 0) is 29.6 Å². The van der Waals surface area contributed by atoms with Crippen molar-refractivity contribution in [2.45, 2.75) is 6.04 Å². The number of nitrogens with two attached hydrogens (primary N) is 1. The molecule has 1 unspecified atom stereocenters. The Morgan fingerprint density at radius 3 is 2.91 bits per heavy atom. The molecule has 0 bridgehead atoms. The maximum absolute atomic E-state index is 13.3. The highest BCUT2D eigenvalue weighted by atomic mass is 35.5. The van der Waals surface area contributed by atoms with Gasteiger partial charge in [0.25, 0.3) is 0 Å². The molecule has 4 nitrogen and oxygen atoms in total. The van der Waals surface area contributed by atoms with Crippen molar-refractivity contribution >= 4 is 39.2 Å². The first kappa shape index (κ1) is 14.8. The molecule has 0 aliphatic carbocycles. The van der Waals surface area contributed by atoms with Crippen molar-refractivity contribution in [3.05, 3.63) is 62.6 Å². The van der Waals surface area contributed by atoms with Crippen LogP contribution in [0, 0.1) is 5.82 Å². The summed E-state index contributed by atoms with van der Waals surface area (Å²) in [6.45, 7) is 0. The Labute approximate surface area is 144 Å². The Morgan fingerprint density at radius 2 is 2.17 bits per heavy atom. The van der Waals surface area contributed by atoms with E-state index in [1.807, 2.05) is 17.5 Å². The van der Waals surface area contributed by atoms with Crippen LogP contribution in [0.15, 0.2) is 41.9 Å². The van der Waals surface area contributed by atoms with Gasteiger partial charge in [-0.3, -0.25) is 0 Å². The van der Waals surface area contributed by atoms with Crippen LogP contribution in [-0.4, -0.2) is 14.6 Å². The van der Waals surface area contributed by atoms with Gasteiger partial charge in [-0.2, -0.15) is 5.10 Å². The van der Waals surface area contributed by atoms with Crippen LogP contribution in [0.2, 0.25) is 5.02 Å². The molecule has 23 heavy (non-hydrogen) atoms. The van der Waals surface area contributed by atoms with Gasteiger partial charge in [0.2, 0.25) is 4.96 Å². The molecule has 2 N–H and O–H groups in total. The summed E-state index contributed by atoms with van der Waals surface area (Å²) >= 11 is 8.90. The number of rotatable bonds is 3. The van der Waals surface area contributed by atoms with Gasteiger partial charge in [-0.15, -0.1) is 11.3 Å². The molecule has 0 amide bonds. The fourth-order valence-corrected chi connectivity index (χ4v) is 4.15. The first-order chi connectivity index (χ1) is 11.1. The zero-order valence-electron chi connectivity index (χ0n) is 11.6. The second-order valence-electron chi connectivity index (χ2n) is 4.90. The van der Waals surface area contributed by atoms with E-state index in [1.165, 1.54) is 17.4 Å². The number of nitrogens with zero attached hydrogens (tertiary/aromatic N) is 3. The van der Waals surface area contributed by atoms with Gasteiger partial charge in [0.15, 0.2) is 0 Å². The van der Waals surface area contributed by atoms with E-state index in [9.17, 15) is 4.39 Å². The molecule has 1 aromatic carbocycles. The summed E-state index contributed by atoms with van der Waals surface area (Å²) in [7, 11) is 0. The molecule has 4 aromatic rings. The lowest BCUT2D eigenvalue weighted by atomic mass is 10.2. The number of aromatic nitrogens is 3. The van der Waals surface area contributed by atoms with Crippen LogP contribution in [-0.2, 0) is 0 Å². The predicted molar refractivity (Wildman–Crippen MR) is 91.6 cm³/mol. The highest BCUT2D eigenvalue weighted by Crippen LogP contribution is 2.31. The Kier molecular flexibility index (Phi) is 3.65. The maximum Gasteiger partial charge on any atom is 0.212 e. The fraction of sp³-hybridized carbons (Fsp3) is 0.0667. The highest BCUT2D eigenvalue weighted by Gasteiger charge is 2.18. The maximum atomic E-state index is 13.3. The lowest BCUT2D eigenvalue weighted by Gasteiger charge is -2.04. The van der Waals surface area contributed by atoms with Crippen molar-refractivity contribution in [3.8, 4) is 11.3 Å². The van der Waals surface area contributed by atoms with Crippen molar-refractivity contribution in [2.75, 3.05) is 0 Å². The van der Waals surface area contributed by atoms with Crippen molar-refractivity contribution in [2.24, 2.45) is 5.73 Å². The highest BCUT2D eigenvalue weighted by molar-refractivity contribution is 7.17. The van der Waals surface area contributed by atoms with E-state index in [4.69, 9.17) is 17.3 Å². The first-order valence-corrected chi connectivity index (χ1v) is 8.80. The van der Waals surface area contributed by atoms with Gasteiger partial charge in [0.1, 0.15) is 10.8 Å². The molecule has 1 atom stereocenters. The zero-order chi connectivity index (χ0) is 16.0. The molecule has 0 saturated heterocycles. The lowest BCUT2D eigenvalue weighted by molar-refractivity contribution is 0.628. The summed E-state index contributed by atoms with van der Waals surface area (Å²) < 4.78 is 15.1. The third-order valence-electron chi connectivity index (χ3n) is 3.43. The van der Waals surface area contributed by atoms with Crippen molar-refractivity contribution in [1.29, 1.82) is 0 Å². The first-order valence-electron chi connectivity index (χ1n) is 6.72. The van der Waals surface area contributed by atoms with E-state index in [2.05, 4.69) is 10.1 Å². The predicted octanol–water partition coefficient (Wildman–Crippen LogP) is 4.36. The standard InChI is InChI=1S/C15H10ClFN4S2/c16-9-6-8(3-4-10(9)17)11-7-19-15-21(11)20-14(23-15)13(18)12-2-1-5-22-12/h1-7,13H,18H2. The van der Waals surface area contributed by atoms with Crippen LogP contribution < -0.4 is 5.73 Å². The smallest absolute Gasteiger partial charge is 0.212 e.